The molecule has 3 rings (SSSR count). The van der Waals surface area contributed by atoms with Gasteiger partial charge in [-0.3, -0.25) is 29.2 Å². The summed E-state index contributed by atoms with van der Waals surface area (Å²) in [6, 6.07) is 5.21. The topological polar surface area (TPSA) is 139 Å². The molecule has 1 aromatic heterocycles. The molecule has 262 valence electrons. The summed E-state index contributed by atoms with van der Waals surface area (Å²) in [4.78, 5) is 56.9. The molecule has 1 saturated heterocycles. The van der Waals surface area contributed by atoms with Crippen LogP contribution in [0.4, 0.5) is 0 Å². The summed E-state index contributed by atoms with van der Waals surface area (Å²) >= 11 is 0. The van der Waals surface area contributed by atoms with E-state index >= 15 is 0 Å². The third kappa shape index (κ3) is 10.6. The highest BCUT2D eigenvalue weighted by Gasteiger charge is 2.38. The van der Waals surface area contributed by atoms with Gasteiger partial charge < -0.3 is 19.8 Å². The van der Waals surface area contributed by atoms with Gasteiger partial charge in [-0.1, -0.05) is 51.6 Å². The number of carbonyl (C=O) groups is 4. The van der Waals surface area contributed by atoms with E-state index < -0.39 is 50.3 Å². The van der Waals surface area contributed by atoms with E-state index in [2.05, 4.69) is 61.5 Å². The minimum atomic E-state index is -2.07. The Balaban J connectivity index is 1.60. The zero-order valence-electron chi connectivity index (χ0n) is 29.7. The average molecular weight is 680 g/mol. The average Bonchev–Trinajstić information content (AvgIpc) is 3.05. The molecule has 3 amide bonds. The summed E-state index contributed by atoms with van der Waals surface area (Å²) < 4.78 is 12.1. The SMILES string of the molecule is C=Cc1cc2cc([C@@H](C)OC(=O)[C@@H]3CCCN(C(=O)[C@H](C)NC(=O)[C@H](CCO[Si](C)(C)C(C)(C)C)NC(=O)C/C=C/C)N3)ccc2cn1. The number of hydrogen-bond acceptors (Lipinski definition) is 8. The fourth-order valence-electron chi connectivity index (χ4n) is 4.99. The van der Waals surface area contributed by atoms with Crippen LogP contribution in [0, 0.1) is 0 Å². The highest BCUT2D eigenvalue weighted by atomic mass is 28.4. The van der Waals surface area contributed by atoms with Crippen LogP contribution >= 0.6 is 0 Å². The molecule has 0 unspecified atom stereocenters. The summed E-state index contributed by atoms with van der Waals surface area (Å²) in [5.74, 6) is -1.64. The van der Waals surface area contributed by atoms with Crippen molar-refractivity contribution >= 4 is 48.9 Å². The van der Waals surface area contributed by atoms with Crippen molar-refractivity contribution in [2.75, 3.05) is 13.2 Å². The number of fused-ring (bicyclic) bond motifs is 1. The number of benzene rings is 1. The van der Waals surface area contributed by atoms with E-state index in [1.54, 1.807) is 31.3 Å². The standard InChI is InChI=1S/C36H53N5O6Si/c1-10-12-15-32(42)39-30(18-20-46-48(8,9)36(5,6)7)33(43)38-24(3)34(44)41-19-13-14-31(40-41)35(45)47-25(4)26-16-17-27-23-37-29(11-2)22-28(27)21-26/h10-12,16-17,21-25,30-31,40H,2,13-15,18-20H2,1,3-9H3,(H,38,43)(H,39,42)/b12-10+/t24-,25+,30-,31-/m0/s1. The number of hydrogen-bond donors (Lipinski definition) is 3. The molecule has 4 atom stereocenters. The molecule has 2 heterocycles. The van der Waals surface area contributed by atoms with Crippen molar-refractivity contribution in [1.29, 1.82) is 0 Å². The highest BCUT2D eigenvalue weighted by Crippen LogP contribution is 2.36. The molecule has 3 N–H and O–H groups in total. The van der Waals surface area contributed by atoms with E-state index in [-0.39, 0.29) is 23.8 Å². The molecule has 0 saturated carbocycles. The number of pyridine rings is 1. The predicted molar refractivity (Wildman–Crippen MR) is 191 cm³/mol. The maximum Gasteiger partial charge on any atom is 0.325 e. The van der Waals surface area contributed by atoms with Crippen molar-refractivity contribution in [1.82, 2.24) is 26.1 Å². The molecule has 0 bridgehead atoms. The fraction of sp³-hybridized carbons (Fsp3) is 0.528. The van der Waals surface area contributed by atoms with E-state index in [4.69, 9.17) is 9.16 Å². The summed E-state index contributed by atoms with van der Waals surface area (Å²) in [7, 11) is -2.07. The number of aromatic nitrogens is 1. The van der Waals surface area contributed by atoms with Gasteiger partial charge in [0.05, 0.1) is 5.69 Å². The fourth-order valence-corrected chi connectivity index (χ4v) is 6.05. The number of rotatable bonds is 14. The van der Waals surface area contributed by atoms with Crippen molar-refractivity contribution in [3.63, 3.8) is 0 Å². The van der Waals surface area contributed by atoms with Gasteiger partial charge in [-0.15, -0.1) is 0 Å². The maximum atomic E-state index is 13.4. The van der Waals surface area contributed by atoms with Crippen molar-refractivity contribution in [2.24, 2.45) is 0 Å². The minimum Gasteiger partial charge on any atom is -0.457 e. The lowest BCUT2D eigenvalue weighted by Crippen LogP contribution is -2.60. The Labute approximate surface area is 286 Å². The third-order valence-corrected chi connectivity index (χ3v) is 13.6. The normalized spacial score (nSPS) is 17.4. The van der Waals surface area contributed by atoms with Gasteiger partial charge in [0, 0.05) is 31.2 Å². The Morgan fingerprint density at radius 3 is 2.54 bits per heavy atom. The molecule has 0 spiro atoms. The molecule has 1 aliphatic rings. The van der Waals surface area contributed by atoms with Gasteiger partial charge in [0.1, 0.15) is 24.2 Å². The van der Waals surface area contributed by atoms with Crippen molar-refractivity contribution in [3.05, 3.63) is 60.5 Å². The molecule has 0 radical (unpaired) electrons. The van der Waals surface area contributed by atoms with Crippen molar-refractivity contribution in [2.45, 2.75) is 110 Å². The Morgan fingerprint density at radius 2 is 1.88 bits per heavy atom. The quantitative estimate of drug-likeness (QED) is 0.138. The number of ether oxygens (including phenoxy) is 1. The summed E-state index contributed by atoms with van der Waals surface area (Å²) in [5, 5.41) is 8.85. The summed E-state index contributed by atoms with van der Waals surface area (Å²) in [6.07, 6.45) is 7.90. The lowest BCUT2D eigenvalue weighted by Gasteiger charge is -2.36. The number of carbonyl (C=O) groups excluding carboxylic acids is 4. The third-order valence-electron chi connectivity index (χ3n) is 9.07. The monoisotopic (exact) mass is 679 g/mol. The molecule has 12 heteroatoms. The molecule has 11 nitrogen and oxygen atoms in total. The van der Waals surface area contributed by atoms with Gasteiger partial charge in [-0.05, 0) is 87.3 Å². The Kier molecular flexibility index (Phi) is 13.6. The van der Waals surface area contributed by atoms with Crippen LogP contribution in [0.2, 0.25) is 18.1 Å². The Morgan fingerprint density at radius 1 is 1.15 bits per heavy atom. The van der Waals surface area contributed by atoms with Crippen LogP contribution in [0.25, 0.3) is 16.8 Å². The molecule has 1 fully saturated rings. The number of allylic oxidation sites excluding steroid dienone is 1. The maximum absolute atomic E-state index is 13.4. The second-order valence-electron chi connectivity index (χ2n) is 13.8. The van der Waals surface area contributed by atoms with E-state index in [1.165, 1.54) is 5.01 Å². The van der Waals surface area contributed by atoms with Crippen LogP contribution in [0.15, 0.2) is 49.2 Å². The van der Waals surface area contributed by atoms with E-state index in [9.17, 15) is 19.2 Å². The Bertz CT molecular complexity index is 1500. The smallest absolute Gasteiger partial charge is 0.325 e. The molecule has 1 aliphatic heterocycles. The zero-order chi connectivity index (χ0) is 35.6. The van der Waals surface area contributed by atoms with Crippen LogP contribution in [-0.2, 0) is 28.3 Å². The van der Waals surface area contributed by atoms with Crippen molar-refractivity contribution in [3.8, 4) is 0 Å². The number of amides is 3. The molecule has 1 aromatic carbocycles. The number of nitrogens with zero attached hydrogens (tertiary/aromatic N) is 2. The molecule has 2 aromatic rings. The number of hydrazine groups is 1. The first-order chi connectivity index (χ1) is 22.6. The summed E-state index contributed by atoms with van der Waals surface area (Å²) in [5.41, 5.74) is 4.59. The largest absolute Gasteiger partial charge is 0.457 e. The van der Waals surface area contributed by atoms with E-state index in [0.717, 1.165) is 22.0 Å². The lowest BCUT2D eigenvalue weighted by molar-refractivity contribution is -0.157. The van der Waals surface area contributed by atoms with Gasteiger partial charge in [0.25, 0.3) is 5.91 Å². The zero-order valence-corrected chi connectivity index (χ0v) is 30.7. The number of nitrogens with one attached hydrogen (secondary N) is 3. The van der Waals surface area contributed by atoms with Gasteiger partial charge in [0.2, 0.25) is 11.8 Å². The van der Waals surface area contributed by atoms with E-state index in [1.807, 2.05) is 38.1 Å². The minimum absolute atomic E-state index is 0.00512. The van der Waals surface area contributed by atoms with Crippen LogP contribution < -0.4 is 16.1 Å². The Hall–Kier alpha value is -3.87. The first-order valence-corrected chi connectivity index (χ1v) is 19.6. The first kappa shape index (κ1) is 38.6. The highest BCUT2D eigenvalue weighted by molar-refractivity contribution is 6.74. The van der Waals surface area contributed by atoms with Crippen LogP contribution in [0.5, 0.6) is 0 Å². The molecular formula is C36H53N5O6Si. The van der Waals surface area contributed by atoms with Gasteiger partial charge in [-0.25, -0.2) is 5.43 Å². The van der Waals surface area contributed by atoms with Crippen LogP contribution in [0.1, 0.15) is 84.6 Å². The summed E-state index contributed by atoms with van der Waals surface area (Å²) in [6.45, 7) is 20.3. The van der Waals surface area contributed by atoms with Crippen LogP contribution in [0.3, 0.4) is 0 Å². The van der Waals surface area contributed by atoms with Gasteiger partial charge >= 0.3 is 5.97 Å². The van der Waals surface area contributed by atoms with Crippen LogP contribution in [-0.4, -0.2) is 73.3 Å². The van der Waals surface area contributed by atoms with Gasteiger partial charge in [0.15, 0.2) is 8.32 Å². The molecule has 48 heavy (non-hydrogen) atoms. The molecule has 0 aliphatic carbocycles. The van der Waals surface area contributed by atoms with E-state index in [0.29, 0.717) is 26.0 Å². The predicted octanol–water partition coefficient (Wildman–Crippen LogP) is 5.35. The second kappa shape index (κ2) is 17.0. The molecular weight excluding hydrogens is 627 g/mol. The number of esters is 1. The second-order valence-corrected chi connectivity index (χ2v) is 18.6. The first-order valence-electron chi connectivity index (χ1n) is 16.7. The lowest BCUT2D eigenvalue weighted by atomic mass is 10.0. The van der Waals surface area contributed by atoms with Crippen molar-refractivity contribution < 1.29 is 28.3 Å². The van der Waals surface area contributed by atoms with Gasteiger partial charge in [-0.2, -0.15) is 0 Å².